The van der Waals surface area contributed by atoms with E-state index in [2.05, 4.69) is 26.6 Å². The van der Waals surface area contributed by atoms with Crippen LogP contribution in [0, 0.1) is 13.8 Å². The van der Waals surface area contributed by atoms with Crippen LogP contribution in [0.25, 0.3) is 17.5 Å². The maximum absolute atomic E-state index is 12.0. The molecule has 6 heteroatoms. The smallest absolute Gasteiger partial charge is 0.244 e. The molecule has 138 valence electrons. The molecule has 6 nitrogen and oxygen atoms in total. The molecule has 3 aromatic rings. The van der Waals surface area contributed by atoms with Gasteiger partial charge in [0.15, 0.2) is 5.82 Å². The Hall–Kier alpha value is -3.41. The summed E-state index contributed by atoms with van der Waals surface area (Å²) < 4.78 is 5.14. The lowest BCUT2D eigenvalue weighted by atomic mass is 10.1. The number of carbonyl (C=O) groups excluding carboxylic acids is 1. The zero-order valence-corrected chi connectivity index (χ0v) is 15.6. The SMILES string of the molecule is COc1ccc(-c2n[nH]c(CNC(=O)/C=C/c3ccc(C)cc3C)n2)cc1. The molecule has 3 rings (SSSR count). The normalized spacial score (nSPS) is 10.9. The molecule has 0 aliphatic rings. The van der Waals surface area contributed by atoms with Crippen LogP contribution in [-0.2, 0) is 11.3 Å². The Labute approximate surface area is 158 Å². The number of hydrogen-bond acceptors (Lipinski definition) is 4. The first-order valence-corrected chi connectivity index (χ1v) is 8.64. The highest BCUT2D eigenvalue weighted by Gasteiger charge is 2.07. The van der Waals surface area contributed by atoms with Crippen LogP contribution in [0.1, 0.15) is 22.5 Å². The molecule has 0 aliphatic carbocycles. The van der Waals surface area contributed by atoms with Crippen LogP contribution in [0.5, 0.6) is 5.75 Å². The fraction of sp³-hybridized carbons (Fsp3) is 0.190. The van der Waals surface area contributed by atoms with Crippen molar-refractivity contribution < 1.29 is 9.53 Å². The quantitative estimate of drug-likeness (QED) is 0.659. The minimum Gasteiger partial charge on any atom is -0.497 e. The summed E-state index contributed by atoms with van der Waals surface area (Å²) in [5.41, 5.74) is 4.24. The third kappa shape index (κ3) is 4.82. The fourth-order valence-corrected chi connectivity index (χ4v) is 2.65. The second kappa shape index (κ2) is 8.31. The van der Waals surface area contributed by atoms with Gasteiger partial charge < -0.3 is 10.1 Å². The van der Waals surface area contributed by atoms with Gasteiger partial charge in [0, 0.05) is 11.6 Å². The molecule has 0 radical (unpaired) electrons. The Morgan fingerprint density at radius 1 is 1.19 bits per heavy atom. The van der Waals surface area contributed by atoms with Gasteiger partial charge in [-0.1, -0.05) is 23.8 Å². The standard InChI is InChI=1S/C21H22N4O2/c1-14-4-5-16(15(2)12-14)8-11-20(26)22-13-19-23-21(25-24-19)17-6-9-18(27-3)10-7-17/h4-12H,13H2,1-3H3,(H,22,26)(H,23,24,25)/b11-8+. The monoisotopic (exact) mass is 362 g/mol. The summed E-state index contributed by atoms with van der Waals surface area (Å²) in [6.07, 6.45) is 3.34. The Bertz CT molecular complexity index is 959. The van der Waals surface area contributed by atoms with Gasteiger partial charge >= 0.3 is 0 Å². The van der Waals surface area contributed by atoms with E-state index < -0.39 is 0 Å². The van der Waals surface area contributed by atoms with E-state index in [0.717, 1.165) is 22.4 Å². The van der Waals surface area contributed by atoms with Crippen LogP contribution in [0.2, 0.25) is 0 Å². The second-order valence-electron chi connectivity index (χ2n) is 6.25. The minimum atomic E-state index is -0.183. The average Bonchev–Trinajstić information content (AvgIpc) is 3.15. The molecule has 0 fully saturated rings. The number of hydrogen-bond donors (Lipinski definition) is 2. The molecular formula is C21H22N4O2. The van der Waals surface area contributed by atoms with Gasteiger partial charge in [-0.25, -0.2) is 4.98 Å². The zero-order valence-electron chi connectivity index (χ0n) is 15.6. The molecule has 0 atom stereocenters. The number of nitrogens with one attached hydrogen (secondary N) is 2. The summed E-state index contributed by atoms with van der Waals surface area (Å²) in [6.45, 7) is 4.35. The molecule has 2 aromatic carbocycles. The lowest BCUT2D eigenvalue weighted by molar-refractivity contribution is -0.116. The highest BCUT2D eigenvalue weighted by Crippen LogP contribution is 2.18. The Morgan fingerprint density at radius 2 is 1.96 bits per heavy atom. The summed E-state index contributed by atoms with van der Waals surface area (Å²) in [4.78, 5) is 16.4. The van der Waals surface area contributed by atoms with Crippen molar-refractivity contribution in [2.45, 2.75) is 20.4 Å². The predicted molar refractivity (Wildman–Crippen MR) is 105 cm³/mol. The summed E-state index contributed by atoms with van der Waals surface area (Å²) in [5.74, 6) is 1.76. The van der Waals surface area contributed by atoms with E-state index in [9.17, 15) is 4.79 Å². The lowest BCUT2D eigenvalue weighted by Crippen LogP contribution is -2.21. The van der Waals surface area contributed by atoms with E-state index in [-0.39, 0.29) is 12.5 Å². The number of aromatic nitrogens is 3. The summed E-state index contributed by atoms with van der Waals surface area (Å²) in [5, 5.41) is 9.84. The molecule has 0 bridgehead atoms. The van der Waals surface area contributed by atoms with Gasteiger partial charge in [0.25, 0.3) is 0 Å². The molecule has 1 amide bonds. The molecule has 2 N–H and O–H groups in total. The molecule has 0 saturated heterocycles. The van der Waals surface area contributed by atoms with Gasteiger partial charge in [-0.15, -0.1) is 0 Å². The topological polar surface area (TPSA) is 79.9 Å². The molecule has 0 spiro atoms. The first-order valence-electron chi connectivity index (χ1n) is 8.64. The summed E-state index contributed by atoms with van der Waals surface area (Å²) >= 11 is 0. The number of carbonyl (C=O) groups is 1. The third-order valence-corrected chi connectivity index (χ3v) is 4.15. The average molecular weight is 362 g/mol. The third-order valence-electron chi connectivity index (χ3n) is 4.15. The number of H-pyrrole nitrogens is 1. The largest absolute Gasteiger partial charge is 0.497 e. The van der Waals surface area contributed by atoms with Crippen molar-refractivity contribution in [3.05, 3.63) is 71.1 Å². The number of nitrogens with zero attached hydrogens (tertiary/aromatic N) is 2. The highest BCUT2D eigenvalue weighted by molar-refractivity contribution is 5.91. The van der Waals surface area contributed by atoms with Crippen LogP contribution in [0.4, 0.5) is 0 Å². The number of aryl methyl sites for hydroxylation is 2. The first-order chi connectivity index (χ1) is 13.0. The van der Waals surface area contributed by atoms with Gasteiger partial charge in [0.05, 0.1) is 13.7 Å². The minimum absolute atomic E-state index is 0.183. The van der Waals surface area contributed by atoms with Crippen LogP contribution in [0.15, 0.2) is 48.5 Å². The maximum atomic E-state index is 12.0. The molecule has 1 aromatic heterocycles. The molecule has 0 unspecified atom stereocenters. The van der Waals surface area contributed by atoms with Gasteiger partial charge in [-0.2, -0.15) is 5.10 Å². The molecule has 1 heterocycles. The summed E-state index contributed by atoms with van der Waals surface area (Å²) in [6, 6.07) is 13.6. The van der Waals surface area contributed by atoms with Crippen molar-refractivity contribution in [2.24, 2.45) is 0 Å². The highest BCUT2D eigenvalue weighted by atomic mass is 16.5. The van der Waals surface area contributed by atoms with Gasteiger partial charge in [-0.3, -0.25) is 9.89 Å². The number of ether oxygens (including phenoxy) is 1. The Balaban J connectivity index is 1.57. The van der Waals surface area contributed by atoms with Crippen molar-refractivity contribution in [1.82, 2.24) is 20.5 Å². The van der Waals surface area contributed by atoms with Gasteiger partial charge in [-0.05, 0) is 55.3 Å². The Morgan fingerprint density at radius 3 is 2.67 bits per heavy atom. The van der Waals surface area contributed by atoms with Crippen LogP contribution in [-0.4, -0.2) is 28.2 Å². The molecule has 0 saturated carbocycles. The van der Waals surface area contributed by atoms with Crippen molar-refractivity contribution in [1.29, 1.82) is 0 Å². The van der Waals surface area contributed by atoms with Crippen LogP contribution >= 0.6 is 0 Å². The van der Waals surface area contributed by atoms with Crippen molar-refractivity contribution in [2.75, 3.05) is 7.11 Å². The van der Waals surface area contributed by atoms with Crippen molar-refractivity contribution in [3.8, 4) is 17.1 Å². The van der Waals surface area contributed by atoms with Crippen molar-refractivity contribution >= 4 is 12.0 Å². The number of amides is 1. The number of benzene rings is 2. The maximum Gasteiger partial charge on any atom is 0.244 e. The van der Waals surface area contributed by atoms with Gasteiger partial charge in [0.2, 0.25) is 5.91 Å². The van der Waals surface area contributed by atoms with E-state index in [4.69, 9.17) is 4.74 Å². The van der Waals surface area contributed by atoms with E-state index in [1.165, 1.54) is 11.6 Å². The second-order valence-corrected chi connectivity index (χ2v) is 6.25. The predicted octanol–water partition coefficient (Wildman–Crippen LogP) is 3.43. The van der Waals surface area contributed by atoms with E-state index >= 15 is 0 Å². The molecule has 27 heavy (non-hydrogen) atoms. The first kappa shape index (κ1) is 18.4. The number of rotatable bonds is 6. The molecular weight excluding hydrogens is 340 g/mol. The van der Waals surface area contributed by atoms with E-state index in [1.54, 1.807) is 7.11 Å². The summed E-state index contributed by atoms with van der Waals surface area (Å²) in [7, 11) is 1.62. The zero-order chi connectivity index (χ0) is 19.2. The van der Waals surface area contributed by atoms with Crippen LogP contribution < -0.4 is 10.1 Å². The lowest BCUT2D eigenvalue weighted by Gasteiger charge is -2.02. The fourth-order valence-electron chi connectivity index (χ4n) is 2.65. The van der Waals surface area contributed by atoms with Gasteiger partial charge in [0.1, 0.15) is 11.6 Å². The van der Waals surface area contributed by atoms with Crippen molar-refractivity contribution in [3.63, 3.8) is 0 Å². The van der Waals surface area contributed by atoms with E-state index in [0.29, 0.717) is 11.6 Å². The molecule has 0 aliphatic heterocycles. The Kier molecular flexibility index (Phi) is 5.66. The van der Waals surface area contributed by atoms with E-state index in [1.807, 2.05) is 56.3 Å². The van der Waals surface area contributed by atoms with Crippen LogP contribution in [0.3, 0.4) is 0 Å². The number of methoxy groups -OCH3 is 1. The number of aromatic amines is 1.